The third-order valence-electron chi connectivity index (χ3n) is 3.94. The molecule has 1 aliphatic carbocycles. The van der Waals surface area contributed by atoms with Gasteiger partial charge in [0.05, 0.1) is 12.2 Å². The van der Waals surface area contributed by atoms with E-state index in [0.717, 1.165) is 12.5 Å². The first-order valence-corrected chi connectivity index (χ1v) is 6.92. The zero-order valence-corrected chi connectivity index (χ0v) is 11.5. The quantitative estimate of drug-likeness (QED) is 0.820. The first-order valence-electron chi connectivity index (χ1n) is 6.92. The lowest BCUT2D eigenvalue weighted by atomic mass is 10.1. The fourth-order valence-corrected chi connectivity index (χ4v) is 2.52. The van der Waals surface area contributed by atoms with Crippen LogP contribution in [0.5, 0.6) is 0 Å². The molecule has 1 aliphatic rings. The summed E-state index contributed by atoms with van der Waals surface area (Å²) in [6.07, 6.45) is 5.97. The topological polar surface area (TPSA) is 29.9 Å². The second kappa shape index (κ2) is 5.21. The zero-order valence-electron chi connectivity index (χ0n) is 11.5. The highest BCUT2D eigenvalue weighted by molar-refractivity contribution is 5.20. The molecule has 2 rings (SSSR count). The zero-order chi connectivity index (χ0) is 12.4. The van der Waals surface area contributed by atoms with Crippen molar-refractivity contribution in [2.24, 2.45) is 5.92 Å². The molecule has 1 aromatic rings. The van der Waals surface area contributed by atoms with E-state index in [1.807, 2.05) is 6.20 Å². The van der Waals surface area contributed by atoms with Crippen molar-refractivity contribution in [2.75, 3.05) is 6.54 Å². The van der Waals surface area contributed by atoms with Gasteiger partial charge in [0, 0.05) is 17.3 Å². The molecule has 0 aromatic carbocycles. The summed E-state index contributed by atoms with van der Waals surface area (Å²) >= 11 is 0. The van der Waals surface area contributed by atoms with Gasteiger partial charge in [-0.15, -0.1) is 0 Å². The van der Waals surface area contributed by atoms with Crippen LogP contribution >= 0.6 is 0 Å². The van der Waals surface area contributed by atoms with Crippen molar-refractivity contribution in [2.45, 2.75) is 59.0 Å². The molecule has 3 nitrogen and oxygen atoms in total. The molecule has 17 heavy (non-hydrogen) atoms. The summed E-state index contributed by atoms with van der Waals surface area (Å²) in [7, 11) is 0. The van der Waals surface area contributed by atoms with Crippen molar-refractivity contribution in [1.82, 2.24) is 15.1 Å². The molecule has 0 radical (unpaired) electrons. The van der Waals surface area contributed by atoms with Gasteiger partial charge in [0.25, 0.3) is 0 Å². The van der Waals surface area contributed by atoms with Crippen LogP contribution in [0.25, 0.3) is 0 Å². The van der Waals surface area contributed by atoms with E-state index < -0.39 is 0 Å². The minimum Gasteiger partial charge on any atom is -0.310 e. The summed E-state index contributed by atoms with van der Waals surface area (Å²) < 4.78 is 2.22. The molecular formula is C14H25N3. The number of hydrogen-bond donors (Lipinski definition) is 1. The van der Waals surface area contributed by atoms with Crippen molar-refractivity contribution in [3.63, 3.8) is 0 Å². The Morgan fingerprint density at radius 2 is 2.18 bits per heavy atom. The number of nitrogens with zero attached hydrogens (tertiary/aromatic N) is 2. The molecule has 1 heterocycles. The lowest BCUT2D eigenvalue weighted by Gasteiger charge is -2.16. The van der Waals surface area contributed by atoms with E-state index in [1.165, 1.54) is 30.5 Å². The van der Waals surface area contributed by atoms with E-state index >= 15 is 0 Å². The van der Waals surface area contributed by atoms with Crippen LogP contribution < -0.4 is 5.32 Å². The Morgan fingerprint density at radius 1 is 1.47 bits per heavy atom. The average Bonchev–Trinajstić information content (AvgIpc) is 3.09. The van der Waals surface area contributed by atoms with Crippen molar-refractivity contribution < 1.29 is 0 Å². The SMILES string of the molecule is CCCNC(C)c1cnn(C(C)C2CC2)c1C. The van der Waals surface area contributed by atoms with E-state index in [-0.39, 0.29) is 0 Å². The Balaban J connectivity index is 2.08. The molecular weight excluding hydrogens is 210 g/mol. The molecule has 1 N–H and O–H groups in total. The van der Waals surface area contributed by atoms with Gasteiger partial charge in [-0.1, -0.05) is 6.92 Å². The molecule has 1 fully saturated rings. The maximum atomic E-state index is 4.58. The Hall–Kier alpha value is -0.830. The Morgan fingerprint density at radius 3 is 2.76 bits per heavy atom. The Kier molecular flexibility index (Phi) is 3.87. The maximum Gasteiger partial charge on any atom is 0.0540 e. The third kappa shape index (κ3) is 2.71. The summed E-state index contributed by atoms with van der Waals surface area (Å²) in [6, 6.07) is 0.984. The minimum atomic E-state index is 0.412. The third-order valence-corrected chi connectivity index (χ3v) is 3.94. The summed E-state index contributed by atoms with van der Waals surface area (Å²) in [4.78, 5) is 0. The Labute approximate surface area is 105 Å². The summed E-state index contributed by atoms with van der Waals surface area (Å²) in [5, 5.41) is 8.12. The van der Waals surface area contributed by atoms with E-state index in [2.05, 4.69) is 42.8 Å². The summed E-state index contributed by atoms with van der Waals surface area (Å²) in [5.41, 5.74) is 2.69. The van der Waals surface area contributed by atoms with Gasteiger partial charge < -0.3 is 5.32 Å². The van der Waals surface area contributed by atoms with Gasteiger partial charge in [0.15, 0.2) is 0 Å². The van der Waals surface area contributed by atoms with Gasteiger partial charge >= 0.3 is 0 Å². The molecule has 1 aromatic heterocycles. The van der Waals surface area contributed by atoms with Gasteiger partial charge in [-0.2, -0.15) is 5.10 Å². The predicted octanol–water partition coefficient (Wildman–Crippen LogP) is 3.22. The molecule has 0 amide bonds. The van der Waals surface area contributed by atoms with Crippen molar-refractivity contribution in [3.8, 4) is 0 Å². The van der Waals surface area contributed by atoms with Crippen LogP contribution in [0.3, 0.4) is 0 Å². The largest absolute Gasteiger partial charge is 0.310 e. The number of aromatic nitrogens is 2. The fraction of sp³-hybridized carbons (Fsp3) is 0.786. The van der Waals surface area contributed by atoms with Crippen LogP contribution in [0.4, 0.5) is 0 Å². The first-order chi connectivity index (χ1) is 8.15. The second-order valence-corrected chi connectivity index (χ2v) is 5.38. The van der Waals surface area contributed by atoms with Gasteiger partial charge in [0.2, 0.25) is 0 Å². The molecule has 0 spiro atoms. The highest BCUT2D eigenvalue weighted by Gasteiger charge is 2.30. The van der Waals surface area contributed by atoms with Crippen LogP contribution in [-0.2, 0) is 0 Å². The summed E-state index contributed by atoms with van der Waals surface area (Å²) in [5.74, 6) is 0.861. The molecule has 3 heteroatoms. The fourth-order valence-electron chi connectivity index (χ4n) is 2.52. The molecule has 0 bridgehead atoms. The monoisotopic (exact) mass is 235 g/mol. The standard InChI is InChI=1S/C14H25N3/c1-5-8-15-10(2)14-9-16-17(12(14)4)11(3)13-6-7-13/h9-11,13,15H,5-8H2,1-4H3. The van der Waals surface area contributed by atoms with Crippen LogP contribution in [-0.4, -0.2) is 16.3 Å². The highest BCUT2D eigenvalue weighted by Crippen LogP contribution is 2.40. The van der Waals surface area contributed by atoms with Gasteiger partial charge in [0.1, 0.15) is 0 Å². The van der Waals surface area contributed by atoms with Gasteiger partial charge in [-0.25, -0.2) is 0 Å². The number of hydrogen-bond acceptors (Lipinski definition) is 2. The molecule has 96 valence electrons. The van der Waals surface area contributed by atoms with E-state index in [4.69, 9.17) is 0 Å². The minimum absolute atomic E-state index is 0.412. The number of rotatable bonds is 6. The number of nitrogens with one attached hydrogen (secondary N) is 1. The van der Waals surface area contributed by atoms with E-state index in [0.29, 0.717) is 12.1 Å². The first kappa shape index (κ1) is 12.6. The average molecular weight is 235 g/mol. The lowest BCUT2D eigenvalue weighted by molar-refractivity contribution is 0.429. The van der Waals surface area contributed by atoms with Crippen LogP contribution in [0.1, 0.15) is 63.4 Å². The predicted molar refractivity (Wildman–Crippen MR) is 71.1 cm³/mol. The summed E-state index contributed by atoms with van der Waals surface area (Å²) in [6.45, 7) is 10.00. The molecule has 0 saturated heterocycles. The molecule has 2 unspecified atom stereocenters. The lowest BCUT2D eigenvalue weighted by Crippen LogP contribution is -2.20. The molecule has 1 saturated carbocycles. The maximum absolute atomic E-state index is 4.58. The molecule has 2 atom stereocenters. The van der Waals surface area contributed by atoms with Crippen molar-refractivity contribution >= 4 is 0 Å². The highest BCUT2D eigenvalue weighted by atomic mass is 15.3. The van der Waals surface area contributed by atoms with Crippen molar-refractivity contribution in [1.29, 1.82) is 0 Å². The smallest absolute Gasteiger partial charge is 0.0540 e. The van der Waals surface area contributed by atoms with E-state index in [1.54, 1.807) is 0 Å². The second-order valence-electron chi connectivity index (χ2n) is 5.38. The molecule has 0 aliphatic heterocycles. The normalized spacial score (nSPS) is 19.3. The Bertz CT molecular complexity index is 366. The van der Waals surface area contributed by atoms with Gasteiger partial charge in [-0.3, -0.25) is 4.68 Å². The van der Waals surface area contributed by atoms with E-state index in [9.17, 15) is 0 Å². The van der Waals surface area contributed by atoms with Crippen LogP contribution in [0.15, 0.2) is 6.20 Å². The van der Waals surface area contributed by atoms with Gasteiger partial charge in [-0.05, 0) is 52.5 Å². The van der Waals surface area contributed by atoms with Crippen LogP contribution in [0.2, 0.25) is 0 Å². The van der Waals surface area contributed by atoms with Crippen LogP contribution in [0, 0.1) is 12.8 Å². The van der Waals surface area contributed by atoms with Crippen molar-refractivity contribution in [3.05, 3.63) is 17.5 Å².